The second-order valence-corrected chi connectivity index (χ2v) is 4.90. The maximum Gasteiger partial charge on any atom is 0.145 e. The van der Waals surface area contributed by atoms with Crippen LogP contribution in [-0.2, 0) is 4.74 Å². The minimum Gasteiger partial charge on any atom is -0.488 e. The Hall–Kier alpha value is -0.560. The maximum atomic E-state index is 13.3. The first-order valence-electron chi connectivity index (χ1n) is 5.16. The second-order valence-electron chi connectivity index (χ2n) is 3.73. The number of benzene rings is 1. The van der Waals surface area contributed by atoms with E-state index in [2.05, 4.69) is 0 Å². The van der Waals surface area contributed by atoms with Gasteiger partial charge in [-0.25, -0.2) is 4.39 Å². The highest BCUT2D eigenvalue weighted by atomic mass is 127. The van der Waals surface area contributed by atoms with Crippen molar-refractivity contribution >= 4 is 28.3 Å². The average Bonchev–Trinajstić information content (AvgIpc) is 2.27. The second kappa shape index (κ2) is 5.18. The van der Waals surface area contributed by atoms with Gasteiger partial charge in [0.1, 0.15) is 17.7 Å². The van der Waals surface area contributed by atoms with Crippen LogP contribution in [0.15, 0.2) is 12.1 Å². The van der Waals surface area contributed by atoms with E-state index in [0.29, 0.717) is 28.2 Å². The molecule has 1 saturated heterocycles. The number of nitrogens with two attached hydrogens (primary N) is 1. The fraction of sp³-hybridized carbons (Fsp3) is 0.455. The largest absolute Gasteiger partial charge is 0.488 e. The Labute approximate surface area is 107 Å². The Balaban J connectivity index is 2.11. The molecule has 0 radical (unpaired) electrons. The van der Waals surface area contributed by atoms with Crippen molar-refractivity contribution in [3.8, 4) is 5.75 Å². The quantitative estimate of drug-likeness (QED) is 0.666. The molecule has 0 atom stereocenters. The van der Waals surface area contributed by atoms with Crippen LogP contribution in [0.1, 0.15) is 12.8 Å². The Bertz CT molecular complexity index is 380. The number of anilines is 1. The van der Waals surface area contributed by atoms with E-state index >= 15 is 0 Å². The first kappa shape index (κ1) is 11.9. The molecule has 0 bridgehead atoms. The van der Waals surface area contributed by atoms with Gasteiger partial charge in [-0.2, -0.15) is 0 Å². The molecule has 0 saturated carbocycles. The minimum atomic E-state index is -0.295. The summed E-state index contributed by atoms with van der Waals surface area (Å²) >= 11 is 1.91. The van der Waals surface area contributed by atoms with Crippen LogP contribution in [0, 0.1) is 9.39 Å². The van der Waals surface area contributed by atoms with Gasteiger partial charge in [-0.05, 0) is 28.7 Å². The molecule has 1 aliphatic heterocycles. The maximum absolute atomic E-state index is 13.3. The van der Waals surface area contributed by atoms with Crippen molar-refractivity contribution in [2.75, 3.05) is 18.9 Å². The predicted octanol–water partition coefficient (Wildman–Crippen LogP) is 2.57. The van der Waals surface area contributed by atoms with Crippen LogP contribution < -0.4 is 10.5 Å². The number of nitrogen functional groups attached to an aromatic ring is 1. The lowest BCUT2D eigenvalue weighted by Gasteiger charge is -2.24. The molecule has 0 aromatic heterocycles. The molecular weight excluding hydrogens is 324 g/mol. The van der Waals surface area contributed by atoms with Crippen LogP contribution in [0.5, 0.6) is 5.75 Å². The highest BCUT2D eigenvalue weighted by molar-refractivity contribution is 14.1. The first-order valence-corrected chi connectivity index (χ1v) is 6.23. The molecule has 2 rings (SSSR count). The summed E-state index contributed by atoms with van der Waals surface area (Å²) in [5, 5.41) is 0. The summed E-state index contributed by atoms with van der Waals surface area (Å²) in [6.45, 7) is 1.38. The van der Waals surface area contributed by atoms with Gasteiger partial charge in [-0.1, -0.05) is 0 Å². The third-order valence-electron chi connectivity index (χ3n) is 2.51. The normalized spacial score (nSPS) is 17.4. The number of hydrogen-bond acceptors (Lipinski definition) is 3. The number of ether oxygens (including phenoxy) is 2. The lowest BCUT2D eigenvalue weighted by atomic mass is 10.1. The van der Waals surface area contributed by atoms with Gasteiger partial charge in [-0.3, -0.25) is 0 Å². The van der Waals surface area contributed by atoms with Crippen LogP contribution >= 0.6 is 22.6 Å². The minimum absolute atomic E-state index is 0.0792. The van der Waals surface area contributed by atoms with Gasteiger partial charge in [0.05, 0.1) is 22.5 Å². The molecule has 1 aromatic carbocycles. The molecule has 0 amide bonds. The monoisotopic (exact) mass is 337 g/mol. The number of rotatable bonds is 2. The number of hydrogen-bond donors (Lipinski definition) is 1. The molecule has 2 N–H and O–H groups in total. The summed E-state index contributed by atoms with van der Waals surface area (Å²) in [5.74, 6) is 0.140. The van der Waals surface area contributed by atoms with Crippen molar-refractivity contribution in [3.63, 3.8) is 0 Å². The first-order chi connectivity index (χ1) is 7.66. The summed E-state index contributed by atoms with van der Waals surface area (Å²) in [6.07, 6.45) is 1.73. The van der Waals surface area contributed by atoms with Crippen molar-refractivity contribution < 1.29 is 13.9 Å². The standard InChI is InChI=1S/C11H13FINO2/c12-8-5-11(10(14)6-9(8)13)16-7-1-3-15-4-2-7/h5-7H,1-4,14H2. The Morgan fingerprint density at radius 1 is 1.38 bits per heavy atom. The Morgan fingerprint density at radius 3 is 2.75 bits per heavy atom. The number of halogens is 2. The van der Waals surface area contributed by atoms with E-state index in [4.69, 9.17) is 15.2 Å². The van der Waals surface area contributed by atoms with Gasteiger partial charge < -0.3 is 15.2 Å². The predicted molar refractivity (Wildman–Crippen MR) is 68.0 cm³/mol. The molecule has 88 valence electrons. The fourth-order valence-electron chi connectivity index (χ4n) is 1.62. The van der Waals surface area contributed by atoms with E-state index in [0.717, 1.165) is 12.8 Å². The molecule has 5 heteroatoms. The van der Waals surface area contributed by atoms with Crippen LogP contribution in [0.3, 0.4) is 0 Å². The van der Waals surface area contributed by atoms with Gasteiger partial charge in [-0.15, -0.1) is 0 Å². The smallest absolute Gasteiger partial charge is 0.145 e. The van der Waals surface area contributed by atoms with E-state index in [1.165, 1.54) is 6.07 Å². The van der Waals surface area contributed by atoms with Gasteiger partial charge >= 0.3 is 0 Å². The van der Waals surface area contributed by atoms with Crippen LogP contribution in [-0.4, -0.2) is 19.3 Å². The van der Waals surface area contributed by atoms with Gasteiger partial charge in [0.15, 0.2) is 0 Å². The zero-order valence-corrected chi connectivity index (χ0v) is 10.9. The molecule has 0 unspecified atom stereocenters. The molecule has 1 heterocycles. The van der Waals surface area contributed by atoms with Gasteiger partial charge in [0.25, 0.3) is 0 Å². The van der Waals surface area contributed by atoms with E-state index in [1.54, 1.807) is 6.07 Å². The molecular formula is C11H13FINO2. The molecule has 1 aromatic rings. The summed E-state index contributed by atoms with van der Waals surface area (Å²) in [6, 6.07) is 2.94. The average molecular weight is 337 g/mol. The van der Waals surface area contributed by atoms with Crippen molar-refractivity contribution in [1.29, 1.82) is 0 Å². The highest BCUT2D eigenvalue weighted by Crippen LogP contribution is 2.28. The molecule has 0 aliphatic carbocycles. The van der Waals surface area contributed by atoms with Crippen LogP contribution in [0.2, 0.25) is 0 Å². The van der Waals surface area contributed by atoms with E-state index in [1.807, 2.05) is 22.6 Å². The Morgan fingerprint density at radius 2 is 2.06 bits per heavy atom. The molecule has 16 heavy (non-hydrogen) atoms. The topological polar surface area (TPSA) is 44.5 Å². The van der Waals surface area contributed by atoms with Crippen LogP contribution in [0.25, 0.3) is 0 Å². The lowest BCUT2D eigenvalue weighted by Crippen LogP contribution is -2.26. The van der Waals surface area contributed by atoms with Gasteiger partial charge in [0, 0.05) is 18.9 Å². The fourth-order valence-corrected chi connectivity index (χ4v) is 2.11. The van der Waals surface area contributed by atoms with Crippen molar-refractivity contribution in [2.45, 2.75) is 18.9 Å². The third-order valence-corrected chi connectivity index (χ3v) is 3.34. The Kier molecular flexibility index (Phi) is 3.86. The summed E-state index contributed by atoms with van der Waals surface area (Å²) in [5.41, 5.74) is 6.26. The zero-order chi connectivity index (χ0) is 11.5. The highest BCUT2D eigenvalue weighted by Gasteiger charge is 2.17. The van der Waals surface area contributed by atoms with E-state index in [-0.39, 0.29) is 11.9 Å². The van der Waals surface area contributed by atoms with Crippen molar-refractivity contribution in [1.82, 2.24) is 0 Å². The van der Waals surface area contributed by atoms with Gasteiger partial charge in [0.2, 0.25) is 0 Å². The van der Waals surface area contributed by atoms with E-state index in [9.17, 15) is 4.39 Å². The lowest BCUT2D eigenvalue weighted by molar-refractivity contribution is 0.0257. The SMILES string of the molecule is Nc1cc(I)c(F)cc1OC1CCOCC1. The molecule has 1 aliphatic rings. The van der Waals surface area contributed by atoms with Crippen molar-refractivity contribution in [3.05, 3.63) is 21.5 Å². The van der Waals surface area contributed by atoms with E-state index < -0.39 is 0 Å². The zero-order valence-electron chi connectivity index (χ0n) is 8.71. The summed E-state index contributed by atoms with van der Waals surface area (Å²) in [7, 11) is 0. The molecule has 3 nitrogen and oxygen atoms in total. The summed E-state index contributed by atoms with van der Waals surface area (Å²) in [4.78, 5) is 0. The molecule has 1 fully saturated rings. The van der Waals surface area contributed by atoms with Crippen LogP contribution in [0.4, 0.5) is 10.1 Å². The third kappa shape index (κ3) is 2.76. The van der Waals surface area contributed by atoms with Crippen molar-refractivity contribution in [2.24, 2.45) is 0 Å². The molecule has 0 spiro atoms. The summed E-state index contributed by atoms with van der Waals surface area (Å²) < 4.78 is 24.8.